The molecule has 1 fully saturated rings. The van der Waals surface area contributed by atoms with Crippen LogP contribution >= 0.6 is 0 Å². The molecule has 0 aromatic heterocycles. The third-order valence-electron chi connectivity index (χ3n) is 4.01. The first-order valence-corrected chi connectivity index (χ1v) is 7.74. The Morgan fingerprint density at radius 2 is 1.95 bits per heavy atom. The van der Waals surface area contributed by atoms with E-state index in [9.17, 15) is 14.7 Å². The average molecular weight is 304 g/mol. The first-order chi connectivity index (χ1) is 10.4. The van der Waals surface area contributed by atoms with Crippen LogP contribution in [0.1, 0.15) is 37.0 Å². The average Bonchev–Trinajstić information content (AvgIpc) is 3.35. The molecule has 0 radical (unpaired) electrons. The molecule has 0 saturated heterocycles. The third-order valence-corrected chi connectivity index (χ3v) is 4.01. The van der Waals surface area contributed by atoms with Crippen molar-refractivity contribution in [2.24, 2.45) is 11.8 Å². The number of carbonyl (C=O) groups is 2. The molecular weight excluding hydrogens is 280 g/mol. The maximum Gasteiger partial charge on any atom is 0.253 e. The van der Waals surface area contributed by atoms with Gasteiger partial charge in [-0.15, -0.1) is 0 Å². The van der Waals surface area contributed by atoms with Gasteiger partial charge in [-0.25, -0.2) is 0 Å². The summed E-state index contributed by atoms with van der Waals surface area (Å²) in [4.78, 5) is 26.1. The van der Waals surface area contributed by atoms with Gasteiger partial charge in [0.1, 0.15) is 0 Å². The summed E-state index contributed by atoms with van der Waals surface area (Å²) >= 11 is 0. The van der Waals surface area contributed by atoms with Gasteiger partial charge in [0.15, 0.2) is 0 Å². The molecule has 0 bridgehead atoms. The molecule has 2 amide bonds. The molecule has 1 aliphatic rings. The Morgan fingerprint density at radius 1 is 1.32 bits per heavy atom. The minimum absolute atomic E-state index is 0.0578. The Kier molecular flexibility index (Phi) is 5.19. The molecule has 0 spiro atoms. The number of hydrogen-bond donors (Lipinski definition) is 2. The lowest BCUT2D eigenvalue weighted by molar-refractivity contribution is -0.119. The van der Waals surface area contributed by atoms with E-state index in [1.165, 1.54) is 0 Å². The predicted octanol–water partition coefficient (Wildman–Crippen LogP) is 1.81. The molecular formula is C17H24N2O3. The number of para-hydroxylation sites is 1. The highest BCUT2D eigenvalue weighted by molar-refractivity contribution is 6.05. The van der Waals surface area contributed by atoms with Gasteiger partial charge in [0.05, 0.1) is 17.4 Å². The van der Waals surface area contributed by atoms with Crippen molar-refractivity contribution in [1.29, 1.82) is 0 Å². The molecule has 1 saturated carbocycles. The maximum atomic E-state index is 12.3. The van der Waals surface area contributed by atoms with E-state index in [1.54, 1.807) is 30.1 Å². The molecule has 5 nitrogen and oxygen atoms in total. The topological polar surface area (TPSA) is 69.6 Å². The number of aliphatic hydroxyl groups is 1. The van der Waals surface area contributed by atoms with Crippen LogP contribution in [0.25, 0.3) is 0 Å². The Bertz CT molecular complexity index is 553. The van der Waals surface area contributed by atoms with Crippen molar-refractivity contribution in [2.75, 3.05) is 18.5 Å². The lowest BCUT2D eigenvalue weighted by Gasteiger charge is -2.21. The summed E-state index contributed by atoms with van der Waals surface area (Å²) < 4.78 is 0. The van der Waals surface area contributed by atoms with E-state index in [2.05, 4.69) is 5.32 Å². The molecule has 22 heavy (non-hydrogen) atoms. The van der Waals surface area contributed by atoms with Gasteiger partial charge in [-0.1, -0.05) is 26.0 Å². The highest BCUT2D eigenvalue weighted by Crippen LogP contribution is 2.33. The lowest BCUT2D eigenvalue weighted by Crippen LogP contribution is -2.36. The van der Waals surface area contributed by atoms with Gasteiger partial charge in [-0.2, -0.15) is 0 Å². The number of benzene rings is 1. The van der Waals surface area contributed by atoms with E-state index >= 15 is 0 Å². The van der Waals surface area contributed by atoms with E-state index in [0.717, 1.165) is 12.8 Å². The summed E-state index contributed by atoms with van der Waals surface area (Å²) in [5.74, 6) is -0.0354. The number of amides is 2. The monoisotopic (exact) mass is 304 g/mol. The summed E-state index contributed by atoms with van der Waals surface area (Å²) in [5, 5.41) is 12.5. The first kappa shape index (κ1) is 16.5. The predicted molar refractivity (Wildman–Crippen MR) is 85.8 cm³/mol. The maximum absolute atomic E-state index is 12.3. The second-order valence-corrected chi connectivity index (χ2v) is 6.21. The first-order valence-electron chi connectivity index (χ1n) is 7.74. The zero-order valence-electron chi connectivity index (χ0n) is 13.4. The highest BCUT2D eigenvalue weighted by atomic mass is 16.3. The Morgan fingerprint density at radius 3 is 2.55 bits per heavy atom. The number of carbonyl (C=O) groups excluding carboxylic acids is 2. The molecule has 2 N–H and O–H groups in total. The van der Waals surface area contributed by atoms with E-state index in [1.807, 2.05) is 19.9 Å². The number of nitrogens with zero attached hydrogens (tertiary/aromatic N) is 1. The van der Waals surface area contributed by atoms with Gasteiger partial charge in [-0.05, 0) is 30.9 Å². The molecule has 1 atom stereocenters. The Hall–Kier alpha value is -1.88. The Labute approximate surface area is 131 Å². The van der Waals surface area contributed by atoms with Gasteiger partial charge < -0.3 is 15.3 Å². The molecule has 0 aliphatic heterocycles. The van der Waals surface area contributed by atoms with Crippen molar-refractivity contribution in [3.05, 3.63) is 29.8 Å². The van der Waals surface area contributed by atoms with Crippen LogP contribution in [0.4, 0.5) is 5.69 Å². The molecule has 2 rings (SSSR count). The number of hydrogen-bond acceptors (Lipinski definition) is 3. The molecule has 120 valence electrons. The molecule has 1 aliphatic carbocycles. The van der Waals surface area contributed by atoms with Crippen LogP contribution in [-0.2, 0) is 4.79 Å². The molecule has 0 heterocycles. The van der Waals surface area contributed by atoms with Crippen LogP contribution in [0.3, 0.4) is 0 Å². The van der Waals surface area contributed by atoms with Crippen LogP contribution < -0.4 is 10.2 Å². The van der Waals surface area contributed by atoms with E-state index < -0.39 is 6.10 Å². The summed E-state index contributed by atoms with van der Waals surface area (Å²) in [6.45, 7) is 3.99. The van der Waals surface area contributed by atoms with Gasteiger partial charge in [0.2, 0.25) is 5.91 Å². The van der Waals surface area contributed by atoms with E-state index in [4.69, 9.17) is 0 Å². The zero-order chi connectivity index (χ0) is 16.3. The van der Waals surface area contributed by atoms with Gasteiger partial charge in [0.25, 0.3) is 5.91 Å². The fraction of sp³-hybridized carbons (Fsp3) is 0.529. The van der Waals surface area contributed by atoms with Crippen LogP contribution in [0.5, 0.6) is 0 Å². The van der Waals surface area contributed by atoms with Crippen molar-refractivity contribution in [3.63, 3.8) is 0 Å². The normalized spacial score (nSPS) is 15.5. The summed E-state index contributed by atoms with van der Waals surface area (Å²) in [6, 6.07) is 7.05. The van der Waals surface area contributed by atoms with Crippen LogP contribution in [-0.4, -0.2) is 36.6 Å². The zero-order valence-corrected chi connectivity index (χ0v) is 13.4. The van der Waals surface area contributed by atoms with Crippen molar-refractivity contribution < 1.29 is 14.7 Å². The minimum Gasteiger partial charge on any atom is -0.391 e. The quantitative estimate of drug-likeness (QED) is 0.842. The SMILES string of the molecule is CC(C)C(O)CNC(=O)c1ccccc1N(C)C(=O)C1CC1. The minimum atomic E-state index is -0.582. The van der Waals surface area contributed by atoms with Crippen molar-refractivity contribution >= 4 is 17.5 Å². The van der Waals surface area contributed by atoms with Crippen molar-refractivity contribution in [2.45, 2.75) is 32.8 Å². The second-order valence-electron chi connectivity index (χ2n) is 6.21. The van der Waals surface area contributed by atoms with Crippen molar-refractivity contribution in [3.8, 4) is 0 Å². The Balaban J connectivity index is 2.10. The number of nitrogens with one attached hydrogen (secondary N) is 1. The van der Waals surface area contributed by atoms with Crippen LogP contribution in [0.2, 0.25) is 0 Å². The second kappa shape index (κ2) is 6.92. The van der Waals surface area contributed by atoms with Gasteiger partial charge in [0, 0.05) is 19.5 Å². The number of aliphatic hydroxyl groups excluding tert-OH is 1. The molecule has 1 aromatic rings. The van der Waals surface area contributed by atoms with E-state index in [0.29, 0.717) is 11.3 Å². The number of anilines is 1. The van der Waals surface area contributed by atoms with Crippen LogP contribution in [0.15, 0.2) is 24.3 Å². The fourth-order valence-electron chi connectivity index (χ4n) is 2.21. The summed E-state index contributed by atoms with van der Waals surface area (Å²) in [7, 11) is 1.70. The molecule has 1 aromatic carbocycles. The molecule has 1 unspecified atom stereocenters. The smallest absolute Gasteiger partial charge is 0.253 e. The summed E-state index contributed by atoms with van der Waals surface area (Å²) in [5.41, 5.74) is 1.06. The third kappa shape index (κ3) is 3.85. The van der Waals surface area contributed by atoms with Crippen molar-refractivity contribution in [1.82, 2.24) is 5.32 Å². The standard InChI is InChI=1S/C17H24N2O3/c1-11(2)15(20)10-18-16(21)13-6-4-5-7-14(13)19(3)17(22)12-8-9-12/h4-7,11-12,15,20H,8-10H2,1-3H3,(H,18,21). The van der Waals surface area contributed by atoms with Crippen LogP contribution in [0, 0.1) is 11.8 Å². The lowest BCUT2D eigenvalue weighted by atomic mass is 10.1. The largest absolute Gasteiger partial charge is 0.391 e. The summed E-state index contributed by atoms with van der Waals surface area (Å²) in [6.07, 6.45) is 1.28. The number of rotatable bonds is 6. The van der Waals surface area contributed by atoms with E-state index in [-0.39, 0.29) is 30.2 Å². The van der Waals surface area contributed by atoms with Gasteiger partial charge >= 0.3 is 0 Å². The van der Waals surface area contributed by atoms with Gasteiger partial charge in [-0.3, -0.25) is 9.59 Å². The molecule has 5 heteroatoms. The highest BCUT2D eigenvalue weighted by Gasteiger charge is 2.33. The fourth-order valence-corrected chi connectivity index (χ4v) is 2.21.